The highest BCUT2D eigenvalue weighted by molar-refractivity contribution is 7.80. The molecule has 0 aliphatic carbocycles. The molecular weight excluding hydrogens is 288 g/mol. The van der Waals surface area contributed by atoms with Gasteiger partial charge in [-0.3, -0.25) is 4.90 Å². The molecule has 2 fully saturated rings. The van der Waals surface area contributed by atoms with Gasteiger partial charge in [-0.2, -0.15) is 12.6 Å². The molecule has 0 aromatic carbocycles. The first-order chi connectivity index (χ1) is 10.5. The van der Waals surface area contributed by atoms with Gasteiger partial charge in [-0.25, -0.2) is 0 Å². The van der Waals surface area contributed by atoms with Gasteiger partial charge >= 0.3 is 0 Å². The number of rotatable bonds is 7. The summed E-state index contributed by atoms with van der Waals surface area (Å²) in [4.78, 5) is 5.23. The predicted molar refractivity (Wildman–Crippen MR) is 101 cm³/mol. The topological polar surface area (TPSA) is 6.48 Å². The highest BCUT2D eigenvalue weighted by atomic mass is 32.1. The van der Waals surface area contributed by atoms with E-state index in [1.54, 1.807) is 0 Å². The van der Waals surface area contributed by atoms with Gasteiger partial charge in [0.05, 0.1) is 0 Å². The fourth-order valence-corrected chi connectivity index (χ4v) is 4.06. The Morgan fingerprint density at radius 1 is 1.09 bits per heavy atom. The molecule has 128 valence electrons. The fourth-order valence-electron chi connectivity index (χ4n) is 3.85. The number of likely N-dealkylation sites (tertiary alicyclic amines) is 2. The third-order valence-electron chi connectivity index (χ3n) is 5.76. The van der Waals surface area contributed by atoms with Crippen molar-refractivity contribution >= 4 is 12.6 Å². The quantitative estimate of drug-likeness (QED) is 0.551. The van der Waals surface area contributed by atoms with Crippen LogP contribution in [-0.4, -0.2) is 47.9 Å². The van der Waals surface area contributed by atoms with Gasteiger partial charge in [0.25, 0.3) is 0 Å². The summed E-state index contributed by atoms with van der Waals surface area (Å²) in [6.45, 7) is 17.4. The van der Waals surface area contributed by atoms with Crippen LogP contribution in [0.5, 0.6) is 0 Å². The molecule has 0 amide bonds. The van der Waals surface area contributed by atoms with Crippen LogP contribution in [-0.2, 0) is 0 Å². The first kappa shape index (κ1) is 18.4. The standard InChI is InChI=1S/C19H36N2S/c1-15(2)16(3)5-6-18-7-10-20(11-8-18)13-19-9-12-21(14-19)17(4)22/h15,17-19,22H,3,5-14H2,1-2,4H3. The van der Waals surface area contributed by atoms with E-state index >= 15 is 0 Å². The molecule has 2 unspecified atom stereocenters. The van der Waals surface area contributed by atoms with Crippen LogP contribution in [0.25, 0.3) is 0 Å². The Bertz CT molecular complexity index is 345. The Hall–Kier alpha value is 0.0100. The molecular formula is C19H36N2S. The summed E-state index contributed by atoms with van der Waals surface area (Å²) in [5.74, 6) is 2.45. The van der Waals surface area contributed by atoms with Crippen LogP contribution in [0.3, 0.4) is 0 Å². The summed E-state index contributed by atoms with van der Waals surface area (Å²) < 4.78 is 0. The summed E-state index contributed by atoms with van der Waals surface area (Å²) >= 11 is 4.57. The average Bonchev–Trinajstić information content (AvgIpc) is 2.95. The SMILES string of the molecule is C=C(CCC1CCN(CC2CCN(C(C)S)C2)CC1)C(C)C. The Morgan fingerprint density at radius 3 is 2.27 bits per heavy atom. The Kier molecular flexibility index (Phi) is 7.30. The molecule has 3 heteroatoms. The van der Waals surface area contributed by atoms with Crippen molar-refractivity contribution in [3.8, 4) is 0 Å². The number of hydrogen-bond donors (Lipinski definition) is 1. The third-order valence-corrected chi connectivity index (χ3v) is 6.09. The van der Waals surface area contributed by atoms with Crippen LogP contribution in [0.1, 0.15) is 52.9 Å². The molecule has 0 aromatic heterocycles. The smallest absolute Gasteiger partial charge is 0.0499 e. The highest BCUT2D eigenvalue weighted by Crippen LogP contribution is 2.27. The molecule has 0 aromatic rings. The van der Waals surface area contributed by atoms with E-state index in [0.717, 1.165) is 11.8 Å². The second kappa shape index (κ2) is 8.75. The first-order valence-electron chi connectivity index (χ1n) is 9.27. The van der Waals surface area contributed by atoms with E-state index in [4.69, 9.17) is 0 Å². The third kappa shape index (κ3) is 5.58. The van der Waals surface area contributed by atoms with Crippen molar-refractivity contribution in [2.45, 2.75) is 58.2 Å². The van der Waals surface area contributed by atoms with Crippen LogP contribution in [0.4, 0.5) is 0 Å². The second-order valence-corrected chi connectivity index (χ2v) is 8.62. The maximum absolute atomic E-state index is 4.57. The molecule has 2 heterocycles. The van der Waals surface area contributed by atoms with Crippen LogP contribution < -0.4 is 0 Å². The molecule has 22 heavy (non-hydrogen) atoms. The van der Waals surface area contributed by atoms with E-state index in [1.807, 2.05) is 0 Å². The van der Waals surface area contributed by atoms with E-state index in [0.29, 0.717) is 11.3 Å². The van der Waals surface area contributed by atoms with E-state index in [1.165, 1.54) is 70.4 Å². The Labute approximate surface area is 143 Å². The number of nitrogens with zero attached hydrogens (tertiary/aromatic N) is 2. The van der Waals surface area contributed by atoms with Crippen molar-refractivity contribution in [1.82, 2.24) is 9.80 Å². The molecule has 2 saturated heterocycles. The van der Waals surface area contributed by atoms with Crippen LogP contribution in [0.15, 0.2) is 12.2 Å². The van der Waals surface area contributed by atoms with E-state index < -0.39 is 0 Å². The monoisotopic (exact) mass is 324 g/mol. The lowest BCUT2D eigenvalue weighted by molar-refractivity contribution is 0.155. The largest absolute Gasteiger partial charge is 0.303 e. The molecule has 2 rings (SSSR count). The summed E-state index contributed by atoms with van der Waals surface area (Å²) in [7, 11) is 0. The first-order valence-corrected chi connectivity index (χ1v) is 9.79. The zero-order valence-electron chi connectivity index (χ0n) is 14.9. The van der Waals surface area contributed by atoms with Gasteiger partial charge in [0, 0.05) is 18.5 Å². The van der Waals surface area contributed by atoms with E-state index in [2.05, 4.69) is 49.8 Å². The lowest BCUT2D eigenvalue weighted by atomic mass is 9.88. The lowest BCUT2D eigenvalue weighted by Gasteiger charge is -2.34. The van der Waals surface area contributed by atoms with Crippen molar-refractivity contribution in [3.63, 3.8) is 0 Å². The minimum Gasteiger partial charge on any atom is -0.303 e. The van der Waals surface area contributed by atoms with Crippen LogP contribution in [0, 0.1) is 17.8 Å². The maximum Gasteiger partial charge on any atom is 0.0499 e. The Balaban J connectivity index is 1.62. The number of hydrogen-bond acceptors (Lipinski definition) is 3. The molecule has 2 nitrogen and oxygen atoms in total. The van der Waals surface area contributed by atoms with Crippen molar-refractivity contribution in [3.05, 3.63) is 12.2 Å². The highest BCUT2D eigenvalue weighted by Gasteiger charge is 2.27. The second-order valence-electron chi connectivity index (χ2n) is 7.88. The van der Waals surface area contributed by atoms with E-state index in [-0.39, 0.29) is 0 Å². The van der Waals surface area contributed by atoms with E-state index in [9.17, 15) is 0 Å². The maximum atomic E-state index is 4.57. The molecule has 0 spiro atoms. The van der Waals surface area contributed by atoms with Crippen molar-refractivity contribution in [2.24, 2.45) is 17.8 Å². The van der Waals surface area contributed by atoms with Gasteiger partial charge in [-0.05, 0) is 76.4 Å². The zero-order valence-corrected chi connectivity index (χ0v) is 15.8. The number of thiol groups is 1. The van der Waals surface area contributed by atoms with Crippen LogP contribution >= 0.6 is 12.6 Å². The summed E-state index contributed by atoms with van der Waals surface area (Å²) in [5.41, 5.74) is 1.44. The number of allylic oxidation sites excluding steroid dienone is 1. The van der Waals surface area contributed by atoms with Gasteiger partial charge in [-0.15, -0.1) is 0 Å². The summed E-state index contributed by atoms with van der Waals surface area (Å²) in [5, 5.41) is 0.421. The zero-order chi connectivity index (χ0) is 16.1. The van der Waals surface area contributed by atoms with Gasteiger partial charge in [0.2, 0.25) is 0 Å². The molecule has 2 atom stereocenters. The molecule has 0 bridgehead atoms. The molecule has 2 aliphatic heterocycles. The van der Waals surface area contributed by atoms with Crippen LogP contribution in [0.2, 0.25) is 0 Å². The number of piperidine rings is 1. The molecule has 0 N–H and O–H groups in total. The van der Waals surface area contributed by atoms with Gasteiger partial charge in [0.15, 0.2) is 0 Å². The van der Waals surface area contributed by atoms with Crippen molar-refractivity contribution < 1.29 is 0 Å². The summed E-state index contributed by atoms with van der Waals surface area (Å²) in [6, 6.07) is 0. The minimum absolute atomic E-state index is 0.421. The fraction of sp³-hybridized carbons (Fsp3) is 0.895. The average molecular weight is 325 g/mol. The summed E-state index contributed by atoms with van der Waals surface area (Å²) in [6.07, 6.45) is 6.74. The predicted octanol–water partition coefficient (Wildman–Crippen LogP) is 4.29. The lowest BCUT2D eigenvalue weighted by Crippen LogP contribution is -2.38. The van der Waals surface area contributed by atoms with Crippen molar-refractivity contribution in [1.29, 1.82) is 0 Å². The van der Waals surface area contributed by atoms with Crippen molar-refractivity contribution in [2.75, 3.05) is 32.7 Å². The van der Waals surface area contributed by atoms with Gasteiger partial charge < -0.3 is 4.90 Å². The molecule has 0 radical (unpaired) electrons. The molecule has 2 aliphatic rings. The molecule has 0 saturated carbocycles. The minimum atomic E-state index is 0.421. The van der Waals surface area contributed by atoms with Gasteiger partial charge in [0.1, 0.15) is 0 Å². The normalized spacial score (nSPS) is 26.7. The van der Waals surface area contributed by atoms with Gasteiger partial charge in [-0.1, -0.05) is 26.0 Å². The Morgan fingerprint density at radius 2 is 1.73 bits per heavy atom.